The van der Waals surface area contributed by atoms with Crippen molar-refractivity contribution in [3.05, 3.63) is 65.6 Å². The Morgan fingerprint density at radius 2 is 2.12 bits per heavy atom. The first kappa shape index (κ1) is 16.6. The molecule has 0 radical (unpaired) electrons. The molecule has 3 rings (SSSR count). The summed E-state index contributed by atoms with van der Waals surface area (Å²) in [7, 11) is 0. The minimum Gasteiger partial charge on any atom is -0.485 e. The molecule has 0 unspecified atom stereocenters. The van der Waals surface area contributed by atoms with Gasteiger partial charge in [-0.2, -0.15) is 10.1 Å². The number of hydrogen-bond acceptors (Lipinski definition) is 6. The van der Waals surface area contributed by atoms with Crippen LogP contribution in [-0.4, -0.2) is 25.7 Å². The number of aromatic nitrogens is 4. The highest BCUT2D eigenvalue weighted by Gasteiger charge is 2.05. The van der Waals surface area contributed by atoms with Crippen molar-refractivity contribution in [3.63, 3.8) is 0 Å². The van der Waals surface area contributed by atoms with Crippen LogP contribution in [0.25, 0.3) is 6.08 Å². The summed E-state index contributed by atoms with van der Waals surface area (Å²) in [5.41, 5.74) is 1.48. The minimum absolute atomic E-state index is 0.0764. The standard InChI is InChI=1S/C18H18N4O3/c1-3-22-11-15(10-19-22)17(23)9-6-14-4-7-16(8-5-14)24-12-18-20-13(2)25-21-18/h4-11H,3,12H2,1-2H3/b9-6+. The number of carbonyl (C=O) groups excluding carboxylic acids is 1. The minimum atomic E-state index is -0.0764. The fourth-order valence-electron chi connectivity index (χ4n) is 2.15. The van der Waals surface area contributed by atoms with Gasteiger partial charge in [0, 0.05) is 19.7 Å². The van der Waals surface area contributed by atoms with Crippen molar-refractivity contribution in [2.45, 2.75) is 27.0 Å². The highest BCUT2D eigenvalue weighted by Crippen LogP contribution is 2.15. The van der Waals surface area contributed by atoms with Crippen molar-refractivity contribution in [2.24, 2.45) is 0 Å². The molecule has 0 atom stereocenters. The lowest BCUT2D eigenvalue weighted by molar-refractivity contribution is 0.104. The SMILES string of the molecule is CCn1cc(C(=O)/C=C/c2ccc(OCc3noc(C)n3)cc2)cn1. The first-order valence-electron chi connectivity index (χ1n) is 7.91. The van der Waals surface area contributed by atoms with E-state index in [2.05, 4.69) is 15.2 Å². The summed E-state index contributed by atoms with van der Waals surface area (Å²) < 4.78 is 12.2. The van der Waals surface area contributed by atoms with Gasteiger partial charge in [0.15, 0.2) is 12.4 Å². The number of benzene rings is 1. The Hall–Kier alpha value is -3.22. The van der Waals surface area contributed by atoms with Crippen LogP contribution in [0, 0.1) is 6.92 Å². The molecule has 1 aromatic carbocycles. The molecular weight excluding hydrogens is 320 g/mol. The molecule has 0 saturated carbocycles. The van der Waals surface area contributed by atoms with Crippen molar-refractivity contribution >= 4 is 11.9 Å². The van der Waals surface area contributed by atoms with Gasteiger partial charge in [-0.05, 0) is 30.7 Å². The third kappa shape index (κ3) is 4.41. The van der Waals surface area contributed by atoms with Gasteiger partial charge in [0.2, 0.25) is 11.7 Å². The number of ketones is 1. The zero-order chi connectivity index (χ0) is 17.6. The normalized spacial score (nSPS) is 11.1. The molecule has 128 valence electrons. The Morgan fingerprint density at radius 1 is 1.32 bits per heavy atom. The van der Waals surface area contributed by atoms with Crippen LogP contribution in [0.3, 0.4) is 0 Å². The fraction of sp³-hybridized carbons (Fsp3) is 0.222. The number of hydrogen-bond donors (Lipinski definition) is 0. The lowest BCUT2D eigenvalue weighted by atomic mass is 10.1. The van der Waals surface area contributed by atoms with Crippen LogP contribution in [0.4, 0.5) is 0 Å². The Morgan fingerprint density at radius 3 is 2.76 bits per heavy atom. The van der Waals surface area contributed by atoms with Crippen molar-refractivity contribution in [3.8, 4) is 5.75 Å². The molecule has 0 amide bonds. The van der Waals surface area contributed by atoms with Crippen LogP contribution in [-0.2, 0) is 13.2 Å². The first-order valence-corrected chi connectivity index (χ1v) is 7.91. The maximum absolute atomic E-state index is 12.1. The van der Waals surface area contributed by atoms with Gasteiger partial charge in [-0.15, -0.1) is 0 Å². The predicted molar refractivity (Wildman–Crippen MR) is 91.1 cm³/mol. The van der Waals surface area contributed by atoms with Crippen LogP contribution in [0.15, 0.2) is 47.3 Å². The van der Waals surface area contributed by atoms with Crippen molar-refractivity contribution in [2.75, 3.05) is 0 Å². The Bertz CT molecular complexity index is 878. The van der Waals surface area contributed by atoms with E-state index in [9.17, 15) is 4.79 Å². The number of aryl methyl sites for hydroxylation is 2. The van der Waals surface area contributed by atoms with Crippen molar-refractivity contribution in [1.82, 2.24) is 19.9 Å². The second kappa shape index (κ2) is 7.57. The molecule has 0 aliphatic rings. The number of allylic oxidation sites excluding steroid dienone is 1. The molecule has 2 heterocycles. The Labute approximate surface area is 144 Å². The zero-order valence-electron chi connectivity index (χ0n) is 14.0. The number of carbonyl (C=O) groups is 1. The summed E-state index contributed by atoms with van der Waals surface area (Å²) in [4.78, 5) is 16.2. The van der Waals surface area contributed by atoms with E-state index in [0.717, 1.165) is 12.1 Å². The quantitative estimate of drug-likeness (QED) is 0.486. The van der Waals surface area contributed by atoms with Gasteiger partial charge in [0.25, 0.3) is 0 Å². The zero-order valence-corrected chi connectivity index (χ0v) is 14.0. The summed E-state index contributed by atoms with van der Waals surface area (Å²) in [6.45, 7) is 4.68. The summed E-state index contributed by atoms with van der Waals surface area (Å²) in [6, 6.07) is 7.39. The topological polar surface area (TPSA) is 83.0 Å². The van der Waals surface area contributed by atoms with E-state index in [1.54, 1.807) is 30.1 Å². The van der Waals surface area contributed by atoms with Gasteiger partial charge in [-0.1, -0.05) is 23.4 Å². The van der Waals surface area contributed by atoms with E-state index in [1.165, 1.54) is 6.08 Å². The molecule has 25 heavy (non-hydrogen) atoms. The summed E-state index contributed by atoms with van der Waals surface area (Å²) in [5.74, 6) is 1.62. The van der Waals surface area contributed by atoms with Crippen molar-refractivity contribution < 1.29 is 14.1 Å². The van der Waals surface area contributed by atoms with Crippen LogP contribution in [0.1, 0.15) is 34.6 Å². The number of nitrogens with zero attached hydrogens (tertiary/aromatic N) is 4. The fourth-order valence-corrected chi connectivity index (χ4v) is 2.15. The first-order chi connectivity index (χ1) is 12.1. The molecule has 2 aromatic heterocycles. The molecule has 7 nitrogen and oxygen atoms in total. The number of rotatable bonds is 7. The lowest BCUT2D eigenvalue weighted by Gasteiger charge is -2.03. The Kier molecular flexibility index (Phi) is 5.03. The maximum atomic E-state index is 12.1. The van der Waals surface area contributed by atoms with Crippen LogP contribution < -0.4 is 4.74 Å². The molecule has 0 aliphatic heterocycles. The second-order valence-electron chi connectivity index (χ2n) is 5.37. The van der Waals surface area contributed by atoms with Gasteiger partial charge in [0.1, 0.15) is 5.75 Å². The van der Waals surface area contributed by atoms with E-state index < -0.39 is 0 Å². The van der Waals surface area contributed by atoms with Gasteiger partial charge < -0.3 is 9.26 Å². The second-order valence-corrected chi connectivity index (χ2v) is 5.37. The smallest absolute Gasteiger partial charge is 0.223 e. The summed E-state index contributed by atoms with van der Waals surface area (Å²) >= 11 is 0. The molecule has 0 fully saturated rings. The molecule has 0 saturated heterocycles. The van der Waals surface area contributed by atoms with E-state index >= 15 is 0 Å². The van der Waals surface area contributed by atoms with Crippen LogP contribution in [0.5, 0.6) is 5.75 Å². The molecule has 0 aliphatic carbocycles. The van der Waals surface area contributed by atoms with E-state index in [1.807, 2.05) is 31.2 Å². The molecule has 0 bridgehead atoms. The molecule has 7 heteroatoms. The van der Waals surface area contributed by atoms with Gasteiger partial charge >= 0.3 is 0 Å². The molecule has 3 aromatic rings. The van der Waals surface area contributed by atoms with Gasteiger partial charge in [-0.3, -0.25) is 9.48 Å². The number of ether oxygens (including phenoxy) is 1. The van der Waals surface area contributed by atoms with Crippen LogP contribution >= 0.6 is 0 Å². The van der Waals surface area contributed by atoms with E-state index in [0.29, 0.717) is 23.0 Å². The summed E-state index contributed by atoms with van der Waals surface area (Å²) in [6.07, 6.45) is 6.61. The highest BCUT2D eigenvalue weighted by molar-refractivity contribution is 6.06. The van der Waals surface area contributed by atoms with E-state index in [4.69, 9.17) is 9.26 Å². The van der Waals surface area contributed by atoms with Gasteiger partial charge in [0.05, 0.1) is 11.8 Å². The average Bonchev–Trinajstić information content (AvgIpc) is 3.27. The maximum Gasteiger partial charge on any atom is 0.223 e. The monoisotopic (exact) mass is 338 g/mol. The highest BCUT2D eigenvalue weighted by atomic mass is 16.5. The third-order valence-corrected chi connectivity index (χ3v) is 3.49. The predicted octanol–water partition coefficient (Wildman–Crippen LogP) is 3.07. The van der Waals surface area contributed by atoms with E-state index in [-0.39, 0.29) is 12.4 Å². The summed E-state index contributed by atoms with van der Waals surface area (Å²) in [5, 5.41) is 7.87. The Balaban J connectivity index is 1.57. The molecular formula is C18H18N4O3. The molecule has 0 spiro atoms. The largest absolute Gasteiger partial charge is 0.485 e. The van der Waals surface area contributed by atoms with Crippen LogP contribution in [0.2, 0.25) is 0 Å². The molecule has 0 N–H and O–H groups in total. The van der Waals surface area contributed by atoms with Crippen molar-refractivity contribution in [1.29, 1.82) is 0 Å². The lowest BCUT2D eigenvalue weighted by Crippen LogP contribution is -1.97. The third-order valence-electron chi connectivity index (χ3n) is 3.49. The van der Waals surface area contributed by atoms with Gasteiger partial charge in [-0.25, -0.2) is 0 Å². The average molecular weight is 338 g/mol.